The van der Waals surface area contributed by atoms with Crippen LogP contribution in [0, 0.1) is 6.92 Å². The highest BCUT2D eigenvalue weighted by atomic mass is 35.7. The minimum absolute atomic E-state index is 0.0960. The van der Waals surface area contributed by atoms with E-state index in [9.17, 15) is 18.0 Å². The molecule has 0 unspecified atom stereocenters. The first kappa shape index (κ1) is 24.4. The number of fused-ring (bicyclic) bond motifs is 1. The van der Waals surface area contributed by atoms with Gasteiger partial charge < -0.3 is 9.73 Å². The molecule has 0 bridgehead atoms. The summed E-state index contributed by atoms with van der Waals surface area (Å²) in [4.78, 5) is 28.9. The van der Waals surface area contributed by atoms with Gasteiger partial charge in [-0.2, -0.15) is 9.78 Å². The average Bonchev–Trinajstić information content (AvgIpc) is 3.38. The van der Waals surface area contributed by atoms with Gasteiger partial charge in [-0.05, 0) is 55.0 Å². The van der Waals surface area contributed by atoms with Crippen LogP contribution in [-0.2, 0) is 13.8 Å². The number of aromatic nitrogens is 3. The molecule has 1 amide bonds. The van der Waals surface area contributed by atoms with E-state index in [1.165, 1.54) is 31.5 Å². The molecular weight excluding hydrogens is 516 g/mol. The van der Waals surface area contributed by atoms with Gasteiger partial charge in [0.1, 0.15) is 4.90 Å². The van der Waals surface area contributed by atoms with Crippen LogP contribution in [-0.4, -0.2) is 29.1 Å². The van der Waals surface area contributed by atoms with Crippen molar-refractivity contribution in [3.8, 4) is 28.3 Å². The zero-order valence-electron chi connectivity index (χ0n) is 19.6. The van der Waals surface area contributed by atoms with Crippen LogP contribution in [0.15, 0.2) is 87.4 Å². The summed E-state index contributed by atoms with van der Waals surface area (Å²) in [6.45, 7) is 3.23. The summed E-state index contributed by atoms with van der Waals surface area (Å²) in [6.07, 6.45) is 2.93. The number of hydrogen-bond acceptors (Lipinski definition) is 7. The topological polar surface area (TPSA) is 124 Å². The predicted molar refractivity (Wildman–Crippen MR) is 140 cm³/mol. The van der Waals surface area contributed by atoms with Gasteiger partial charge in [0.2, 0.25) is 5.91 Å². The van der Waals surface area contributed by atoms with E-state index in [1.54, 1.807) is 30.5 Å². The summed E-state index contributed by atoms with van der Waals surface area (Å²) in [5, 5.41) is 8.10. The molecule has 37 heavy (non-hydrogen) atoms. The van der Waals surface area contributed by atoms with Crippen molar-refractivity contribution in [3.63, 3.8) is 0 Å². The van der Waals surface area contributed by atoms with E-state index in [4.69, 9.17) is 15.1 Å². The van der Waals surface area contributed by atoms with E-state index in [2.05, 4.69) is 15.4 Å². The summed E-state index contributed by atoms with van der Waals surface area (Å²) >= 11 is 0. The highest BCUT2D eigenvalue weighted by Crippen LogP contribution is 2.32. The molecule has 0 aliphatic rings. The van der Waals surface area contributed by atoms with Crippen LogP contribution >= 0.6 is 10.7 Å². The molecular formula is C26H19ClN4O5S. The predicted octanol–water partition coefficient (Wildman–Crippen LogP) is 4.90. The first-order valence-electron chi connectivity index (χ1n) is 11.0. The normalized spacial score (nSPS) is 11.5. The second-order valence-corrected chi connectivity index (χ2v) is 10.9. The molecule has 2 heterocycles. The number of nitrogens with zero attached hydrogens (tertiary/aromatic N) is 3. The highest BCUT2D eigenvalue weighted by molar-refractivity contribution is 8.13. The smallest absolute Gasteiger partial charge is 0.279 e. The lowest BCUT2D eigenvalue weighted by Gasteiger charge is -2.15. The Hall–Kier alpha value is -4.28. The van der Waals surface area contributed by atoms with E-state index < -0.39 is 14.6 Å². The third kappa shape index (κ3) is 4.76. The van der Waals surface area contributed by atoms with Gasteiger partial charge in [0.15, 0.2) is 12.2 Å². The second kappa shape index (κ2) is 9.30. The fourth-order valence-corrected chi connectivity index (χ4v) is 5.17. The van der Waals surface area contributed by atoms with Gasteiger partial charge in [0.05, 0.1) is 23.0 Å². The number of amides is 1. The van der Waals surface area contributed by atoms with Crippen molar-refractivity contribution in [2.75, 3.05) is 5.32 Å². The molecule has 0 atom stereocenters. The van der Waals surface area contributed by atoms with E-state index in [1.807, 2.05) is 25.1 Å². The SMILES string of the molecule is CC(=O)Nc1ccc(S(=O)(=O)Cl)c(-n2nc(-c3cc(C)cc(-c4cnco4)c3)c3ccccc3c2=O)c1. The number of oxazole rings is 1. The molecule has 0 aliphatic carbocycles. The number of halogens is 1. The maximum atomic E-state index is 13.6. The number of nitrogens with one attached hydrogen (secondary N) is 1. The monoisotopic (exact) mass is 534 g/mol. The number of carbonyl (C=O) groups excluding carboxylic acids is 1. The van der Waals surface area contributed by atoms with Crippen molar-refractivity contribution in [2.45, 2.75) is 18.7 Å². The van der Waals surface area contributed by atoms with Crippen molar-refractivity contribution in [3.05, 3.63) is 89.2 Å². The Kier molecular flexibility index (Phi) is 6.14. The minimum atomic E-state index is -4.28. The van der Waals surface area contributed by atoms with Crippen LogP contribution in [0.4, 0.5) is 5.69 Å². The average molecular weight is 535 g/mol. The van der Waals surface area contributed by atoms with Gasteiger partial charge in [0, 0.05) is 39.8 Å². The molecule has 3 aromatic carbocycles. The summed E-state index contributed by atoms with van der Waals surface area (Å²) in [5.74, 6) is 0.188. The maximum absolute atomic E-state index is 13.6. The molecule has 186 valence electrons. The molecule has 9 nitrogen and oxygen atoms in total. The summed E-state index contributed by atoms with van der Waals surface area (Å²) in [5.41, 5.74) is 2.40. The lowest BCUT2D eigenvalue weighted by molar-refractivity contribution is -0.114. The van der Waals surface area contributed by atoms with Crippen LogP contribution in [0.3, 0.4) is 0 Å². The standard InChI is InChI=1S/C26H19ClN4O5S/c1-15-9-17(23-13-28-14-36-23)11-18(10-15)25-20-5-3-4-6-21(20)26(33)31(30-25)22-12-19(29-16(2)32)7-8-24(22)37(27,34)35/h3-14H,1-2H3,(H,29,32). The van der Waals surface area contributed by atoms with Crippen molar-refractivity contribution >= 4 is 42.1 Å². The zero-order valence-corrected chi connectivity index (χ0v) is 21.2. The van der Waals surface area contributed by atoms with Gasteiger partial charge in [0.25, 0.3) is 14.6 Å². The largest absolute Gasteiger partial charge is 0.444 e. The van der Waals surface area contributed by atoms with Gasteiger partial charge in [-0.3, -0.25) is 9.59 Å². The summed E-state index contributed by atoms with van der Waals surface area (Å²) in [7, 11) is 1.45. The Morgan fingerprint density at radius 3 is 2.43 bits per heavy atom. The lowest BCUT2D eigenvalue weighted by atomic mass is 9.99. The Morgan fingerprint density at radius 2 is 1.76 bits per heavy atom. The lowest BCUT2D eigenvalue weighted by Crippen LogP contribution is -2.24. The Bertz CT molecular complexity index is 1850. The maximum Gasteiger partial charge on any atom is 0.279 e. The van der Waals surface area contributed by atoms with Gasteiger partial charge in [-0.15, -0.1) is 0 Å². The molecule has 5 aromatic rings. The molecule has 0 spiro atoms. The summed E-state index contributed by atoms with van der Waals surface area (Å²) < 4.78 is 31.3. The Labute approximate surface area is 215 Å². The number of rotatable bonds is 5. The third-order valence-corrected chi connectivity index (χ3v) is 7.01. The van der Waals surface area contributed by atoms with Gasteiger partial charge in [-0.1, -0.05) is 18.2 Å². The van der Waals surface area contributed by atoms with Crippen LogP contribution in [0.25, 0.3) is 39.0 Å². The van der Waals surface area contributed by atoms with Gasteiger partial charge in [-0.25, -0.2) is 13.4 Å². The molecule has 2 aromatic heterocycles. The van der Waals surface area contributed by atoms with Crippen molar-refractivity contribution in [1.29, 1.82) is 0 Å². The molecule has 11 heteroatoms. The zero-order chi connectivity index (χ0) is 26.3. The fourth-order valence-electron chi connectivity index (χ4n) is 4.16. The molecule has 0 saturated carbocycles. The van der Waals surface area contributed by atoms with Crippen molar-refractivity contribution < 1.29 is 17.6 Å². The molecule has 0 fully saturated rings. The highest BCUT2D eigenvalue weighted by Gasteiger charge is 2.22. The Morgan fingerprint density at radius 1 is 1.03 bits per heavy atom. The van der Waals surface area contributed by atoms with Gasteiger partial charge >= 0.3 is 0 Å². The molecule has 1 N–H and O–H groups in total. The number of anilines is 1. The first-order chi connectivity index (χ1) is 17.6. The minimum Gasteiger partial charge on any atom is -0.444 e. The molecule has 0 saturated heterocycles. The first-order valence-corrected chi connectivity index (χ1v) is 13.3. The number of aryl methyl sites for hydroxylation is 1. The fraction of sp³-hybridized carbons (Fsp3) is 0.0769. The Balaban J connectivity index is 1.84. The van der Waals surface area contributed by atoms with Crippen LogP contribution in [0.1, 0.15) is 12.5 Å². The summed E-state index contributed by atoms with van der Waals surface area (Å²) in [6, 6.07) is 16.5. The third-order valence-electron chi connectivity index (χ3n) is 5.64. The van der Waals surface area contributed by atoms with E-state index in [0.717, 1.165) is 15.8 Å². The van der Waals surface area contributed by atoms with E-state index >= 15 is 0 Å². The van der Waals surface area contributed by atoms with Crippen LogP contribution < -0.4 is 10.9 Å². The van der Waals surface area contributed by atoms with Crippen molar-refractivity contribution in [2.24, 2.45) is 0 Å². The van der Waals surface area contributed by atoms with Crippen LogP contribution in [0.2, 0.25) is 0 Å². The number of hydrogen-bond donors (Lipinski definition) is 1. The second-order valence-electron chi connectivity index (χ2n) is 8.37. The van der Waals surface area contributed by atoms with E-state index in [-0.39, 0.29) is 22.2 Å². The quantitative estimate of drug-likeness (QED) is 0.318. The molecule has 0 radical (unpaired) electrons. The number of carbonyl (C=O) groups is 1. The number of benzene rings is 3. The van der Waals surface area contributed by atoms with Crippen molar-refractivity contribution in [1.82, 2.24) is 14.8 Å². The van der Waals surface area contributed by atoms with E-state index in [0.29, 0.717) is 27.8 Å². The molecule has 0 aliphatic heterocycles. The molecule has 5 rings (SSSR count). The van der Waals surface area contributed by atoms with Crippen LogP contribution in [0.5, 0.6) is 0 Å².